The lowest BCUT2D eigenvalue weighted by Gasteiger charge is -2.19. The summed E-state index contributed by atoms with van der Waals surface area (Å²) in [6, 6.07) is 28.3. The van der Waals surface area contributed by atoms with Crippen molar-refractivity contribution in [3.63, 3.8) is 0 Å². The van der Waals surface area contributed by atoms with Crippen LogP contribution in [0.15, 0.2) is 97.1 Å². The van der Waals surface area contributed by atoms with Gasteiger partial charge in [0.15, 0.2) is 0 Å². The lowest BCUT2D eigenvalue weighted by Crippen LogP contribution is -2.50. The Morgan fingerprint density at radius 1 is 0.630 bits per heavy atom. The van der Waals surface area contributed by atoms with Gasteiger partial charge in [0.1, 0.15) is 31.8 Å². The fourth-order valence-corrected chi connectivity index (χ4v) is 7.52. The summed E-state index contributed by atoms with van der Waals surface area (Å²) in [7, 11) is 0. The number of carbonyl (C=O) groups excluding carboxylic acids is 4. The van der Waals surface area contributed by atoms with Gasteiger partial charge in [0.05, 0.1) is 0 Å². The third-order valence-corrected chi connectivity index (χ3v) is 10.2. The van der Waals surface area contributed by atoms with Crippen LogP contribution in [0.25, 0.3) is 22.3 Å². The zero-order chi connectivity index (χ0) is 38.2. The molecule has 13 nitrogen and oxygen atoms in total. The lowest BCUT2D eigenvalue weighted by molar-refractivity contribution is -0.139. The van der Waals surface area contributed by atoms with Crippen LogP contribution < -0.4 is 16.0 Å². The average Bonchev–Trinajstić information content (AvgIpc) is 3.67. The Morgan fingerprint density at radius 3 is 1.56 bits per heavy atom. The van der Waals surface area contributed by atoms with Crippen LogP contribution in [-0.2, 0) is 28.7 Å². The molecule has 0 fully saturated rings. The number of amides is 3. The van der Waals surface area contributed by atoms with E-state index in [1.807, 2.05) is 97.1 Å². The number of carboxylic acid groups (broad SMARTS) is 2. The van der Waals surface area contributed by atoms with E-state index in [0.29, 0.717) is 11.8 Å². The lowest BCUT2D eigenvalue weighted by atomic mass is 9.98. The SMILES string of the molecule is O=C(O)CNC(=O)[C@H](CSC(=O)OCC1c2ccccc2-c2ccccc21)NC(=O)CC[C@H](NC(=O)OCC1c2ccccc2-c2ccccc21)C(=O)O. The molecule has 3 amide bonds. The van der Waals surface area contributed by atoms with Gasteiger partial charge in [0, 0.05) is 24.0 Å². The number of hydrogen-bond donors (Lipinski definition) is 5. The van der Waals surface area contributed by atoms with Crippen LogP contribution in [0.5, 0.6) is 0 Å². The van der Waals surface area contributed by atoms with E-state index in [1.54, 1.807) is 0 Å². The Labute approximate surface area is 314 Å². The molecule has 0 saturated carbocycles. The highest BCUT2D eigenvalue weighted by Crippen LogP contribution is 2.45. The summed E-state index contributed by atoms with van der Waals surface area (Å²) in [4.78, 5) is 74.5. The molecule has 0 spiro atoms. The maximum absolute atomic E-state index is 13.0. The van der Waals surface area contributed by atoms with Gasteiger partial charge >= 0.3 is 23.3 Å². The highest BCUT2D eigenvalue weighted by atomic mass is 32.2. The fraction of sp³-hybridized carbons (Fsp3) is 0.250. The second-order valence-electron chi connectivity index (χ2n) is 12.7. The molecule has 0 aromatic heterocycles. The Kier molecular flexibility index (Phi) is 11.9. The van der Waals surface area contributed by atoms with E-state index in [2.05, 4.69) is 16.0 Å². The number of rotatable bonds is 15. The quantitative estimate of drug-likeness (QED) is 0.101. The van der Waals surface area contributed by atoms with Gasteiger partial charge in [-0.05, 0) is 62.7 Å². The van der Waals surface area contributed by atoms with Crippen molar-refractivity contribution in [1.82, 2.24) is 16.0 Å². The second-order valence-corrected chi connectivity index (χ2v) is 13.7. The van der Waals surface area contributed by atoms with Gasteiger partial charge in [0.2, 0.25) is 11.8 Å². The summed E-state index contributed by atoms with van der Waals surface area (Å²) < 4.78 is 11.0. The van der Waals surface area contributed by atoms with E-state index in [4.69, 9.17) is 14.6 Å². The molecule has 4 aromatic carbocycles. The van der Waals surface area contributed by atoms with E-state index >= 15 is 0 Å². The molecule has 0 aliphatic heterocycles. The Hall–Kier alpha value is -6.15. The molecule has 0 heterocycles. The molecule has 0 bridgehead atoms. The number of carbonyl (C=O) groups is 6. The molecule has 0 unspecified atom stereocenters. The van der Waals surface area contributed by atoms with Gasteiger partial charge < -0.3 is 35.6 Å². The second kappa shape index (κ2) is 17.1. The van der Waals surface area contributed by atoms with Gasteiger partial charge in [-0.1, -0.05) is 97.1 Å². The van der Waals surface area contributed by atoms with Gasteiger partial charge in [-0.15, -0.1) is 0 Å². The predicted molar refractivity (Wildman–Crippen MR) is 199 cm³/mol. The Bertz CT molecular complexity index is 2000. The monoisotopic (exact) mass is 751 g/mol. The molecule has 14 heteroatoms. The van der Waals surface area contributed by atoms with Gasteiger partial charge in [-0.3, -0.25) is 14.4 Å². The standard InChI is InChI=1S/C40H37N3O10S/c44-35(18-17-33(38(48)49)43-39(50)52-20-31-27-13-5-1-9-23(27)24-10-2-6-14-28(24)31)42-34(37(47)41-19-36(45)46)22-54-40(51)53-21-32-29-15-7-3-11-25(29)26-12-4-8-16-30(26)32/h1-16,31-34H,17-22H2,(H,41,47)(H,42,44)(H,43,50)(H,45,46)(H,48,49)/t33-,34-/m0/s1. The van der Waals surface area contributed by atoms with Crippen LogP contribution in [0.3, 0.4) is 0 Å². The first-order valence-corrected chi connectivity index (χ1v) is 18.2. The summed E-state index contributed by atoms with van der Waals surface area (Å²) in [6.45, 7) is -0.734. The summed E-state index contributed by atoms with van der Waals surface area (Å²) >= 11 is 0.628. The van der Waals surface area contributed by atoms with Crippen molar-refractivity contribution in [1.29, 1.82) is 0 Å². The number of ether oxygens (including phenoxy) is 2. The minimum atomic E-state index is -1.50. The van der Waals surface area contributed by atoms with E-state index in [1.165, 1.54) is 0 Å². The van der Waals surface area contributed by atoms with E-state index in [9.17, 15) is 33.9 Å². The van der Waals surface area contributed by atoms with Crippen LogP contribution >= 0.6 is 11.8 Å². The molecule has 0 saturated heterocycles. The molecule has 2 atom stereocenters. The molecule has 4 aromatic rings. The zero-order valence-corrected chi connectivity index (χ0v) is 29.7. The average molecular weight is 752 g/mol. The molecule has 2 aliphatic rings. The number of thioether (sulfide) groups is 1. The minimum absolute atomic E-state index is 0.0371. The third-order valence-electron chi connectivity index (χ3n) is 9.36. The van der Waals surface area contributed by atoms with E-state index in [-0.39, 0.29) is 37.2 Å². The number of benzene rings is 4. The molecule has 6 rings (SSSR count). The van der Waals surface area contributed by atoms with Crippen molar-refractivity contribution in [3.8, 4) is 22.3 Å². The third kappa shape index (κ3) is 8.72. The molecule has 54 heavy (non-hydrogen) atoms. The number of alkyl carbamates (subject to hydrolysis) is 1. The zero-order valence-electron chi connectivity index (χ0n) is 28.9. The van der Waals surface area contributed by atoms with Crippen molar-refractivity contribution in [2.24, 2.45) is 0 Å². The highest BCUT2D eigenvalue weighted by molar-refractivity contribution is 8.13. The molecular weight excluding hydrogens is 715 g/mol. The van der Waals surface area contributed by atoms with Crippen molar-refractivity contribution >= 4 is 46.9 Å². The van der Waals surface area contributed by atoms with Crippen LogP contribution in [-0.4, -0.2) is 83.0 Å². The number of aliphatic carboxylic acids is 2. The predicted octanol–water partition coefficient (Wildman–Crippen LogP) is 5.13. The smallest absolute Gasteiger partial charge is 0.407 e. The van der Waals surface area contributed by atoms with Gasteiger partial charge in [0.25, 0.3) is 0 Å². The maximum atomic E-state index is 13.0. The van der Waals surface area contributed by atoms with Crippen molar-refractivity contribution in [2.75, 3.05) is 25.5 Å². The Balaban J connectivity index is 1.00. The van der Waals surface area contributed by atoms with Gasteiger partial charge in [-0.2, -0.15) is 0 Å². The summed E-state index contributed by atoms with van der Waals surface area (Å²) in [5.41, 5.74) is 8.17. The molecule has 0 radical (unpaired) electrons. The van der Waals surface area contributed by atoms with Crippen LogP contribution in [0.4, 0.5) is 9.59 Å². The van der Waals surface area contributed by atoms with Crippen molar-refractivity contribution < 1.29 is 48.5 Å². The normalized spacial score (nSPS) is 13.6. The fourth-order valence-electron chi connectivity index (χ4n) is 6.83. The Morgan fingerprint density at radius 2 is 1.09 bits per heavy atom. The van der Waals surface area contributed by atoms with Crippen LogP contribution in [0.1, 0.15) is 46.9 Å². The first-order chi connectivity index (χ1) is 26.1. The first kappa shape index (κ1) is 37.6. The first-order valence-electron chi connectivity index (χ1n) is 17.2. The minimum Gasteiger partial charge on any atom is -0.480 e. The topological polar surface area (TPSA) is 197 Å². The number of fused-ring (bicyclic) bond motifs is 6. The molecule has 278 valence electrons. The molecule has 5 N–H and O–H groups in total. The van der Waals surface area contributed by atoms with Crippen molar-refractivity contribution in [3.05, 3.63) is 119 Å². The molecular formula is C40H37N3O10S. The van der Waals surface area contributed by atoms with Crippen LogP contribution in [0.2, 0.25) is 0 Å². The van der Waals surface area contributed by atoms with Gasteiger partial charge in [-0.25, -0.2) is 14.4 Å². The largest absolute Gasteiger partial charge is 0.480 e. The van der Waals surface area contributed by atoms with Crippen molar-refractivity contribution in [2.45, 2.75) is 36.8 Å². The summed E-state index contributed by atoms with van der Waals surface area (Å²) in [5, 5.41) is 25.0. The maximum Gasteiger partial charge on any atom is 0.407 e. The van der Waals surface area contributed by atoms with E-state index < -0.39 is 60.2 Å². The number of carboxylic acids is 2. The highest BCUT2D eigenvalue weighted by Gasteiger charge is 2.32. The van der Waals surface area contributed by atoms with Crippen LogP contribution in [0, 0.1) is 0 Å². The summed E-state index contributed by atoms with van der Waals surface area (Å²) in [5.74, 6) is -5.09. The molecule has 2 aliphatic carbocycles. The number of hydrogen-bond acceptors (Lipinski definition) is 9. The number of nitrogens with one attached hydrogen (secondary N) is 3. The summed E-state index contributed by atoms with van der Waals surface area (Å²) in [6.07, 6.45) is -1.76. The van der Waals surface area contributed by atoms with E-state index in [0.717, 1.165) is 44.5 Å².